The minimum atomic E-state index is 0.322. The molecular formula is C28H23N5O. The Balaban J connectivity index is 1.80. The average molecular weight is 446 g/mol. The first kappa shape index (κ1) is 22.4. The van der Waals surface area contributed by atoms with E-state index in [4.69, 9.17) is 4.74 Å². The zero-order valence-electron chi connectivity index (χ0n) is 18.7. The van der Waals surface area contributed by atoms with E-state index in [9.17, 15) is 10.5 Å². The molecule has 0 saturated heterocycles. The molecule has 0 spiro atoms. The molecular weight excluding hydrogens is 422 g/mol. The van der Waals surface area contributed by atoms with E-state index in [0.29, 0.717) is 47.2 Å². The van der Waals surface area contributed by atoms with E-state index in [1.165, 1.54) is 0 Å². The molecule has 0 aliphatic carbocycles. The van der Waals surface area contributed by atoms with Gasteiger partial charge in [0.05, 0.1) is 7.11 Å². The second kappa shape index (κ2) is 10.7. The quantitative estimate of drug-likeness (QED) is 0.360. The maximum absolute atomic E-state index is 10.1. The number of nitrogens with one attached hydrogen (secondary N) is 2. The Morgan fingerprint density at radius 1 is 0.706 bits per heavy atom. The number of hydrogen-bond acceptors (Lipinski definition) is 6. The summed E-state index contributed by atoms with van der Waals surface area (Å²) < 4.78 is 5.27. The summed E-state index contributed by atoms with van der Waals surface area (Å²) in [5, 5.41) is 26.8. The first-order valence-electron chi connectivity index (χ1n) is 10.8. The summed E-state index contributed by atoms with van der Waals surface area (Å²) in [6.45, 7) is 0.989. The summed E-state index contributed by atoms with van der Waals surface area (Å²) in [6, 6.07) is 31.6. The standard InChI is InChI=1S/C28H23N5O/c1-34-23-14-12-22(13-15-23)26-24(16-29)27(31-18-20-8-4-2-5-9-20)33-28(25(26)17-30)32-19-21-10-6-3-7-11-21/h2-15H,18-19H2,1H3,(H2,31,32,33). The molecule has 6 heteroatoms. The Kier molecular flexibility index (Phi) is 7.03. The predicted octanol–water partition coefficient (Wildman–Crippen LogP) is 5.72. The molecule has 0 atom stereocenters. The van der Waals surface area contributed by atoms with E-state index in [-0.39, 0.29) is 0 Å². The van der Waals surface area contributed by atoms with Crippen molar-refractivity contribution < 1.29 is 4.74 Å². The Morgan fingerprint density at radius 2 is 1.18 bits per heavy atom. The highest BCUT2D eigenvalue weighted by Gasteiger charge is 2.21. The molecule has 2 N–H and O–H groups in total. The largest absolute Gasteiger partial charge is 0.497 e. The van der Waals surface area contributed by atoms with Crippen LogP contribution in [0, 0.1) is 22.7 Å². The zero-order valence-corrected chi connectivity index (χ0v) is 18.7. The van der Waals surface area contributed by atoms with Gasteiger partial charge in [0.25, 0.3) is 0 Å². The first-order valence-corrected chi connectivity index (χ1v) is 10.8. The van der Waals surface area contributed by atoms with Crippen LogP contribution in [0.15, 0.2) is 84.9 Å². The molecule has 4 aromatic rings. The second-order valence-electron chi connectivity index (χ2n) is 7.56. The Hall–Kier alpha value is -4.81. The average Bonchev–Trinajstić information content (AvgIpc) is 2.91. The predicted molar refractivity (Wildman–Crippen MR) is 133 cm³/mol. The number of benzene rings is 3. The van der Waals surface area contributed by atoms with Gasteiger partial charge in [-0.2, -0.15) is 10.5 Å². The van der Waals surface area contributed by atoms with E-state index >= 15 is 0 Å². The monoisotopic (exact) mass is 445 g/mol. The lowest BCUT2D eigenvalue weighted by molar-refractivity contribution is 0.415. The van der Waals surface area contributed by atoms with Crippen molar-refractivity contribution in [3.63, 3.8) is 0 Å². The topological polar surface area (TPSA) is 93.8 Å². The fourth-order valence-corrected chi connectivity index (χ4v) is 3.67. The fraction of sp³-hybridized carbons (Fsp3) is 0.107. The maximum Gasteiger partial charge on any atom is 0.147 e. The van der Waals surface area contributed by atoms with Crippen LogP contribution in [0.1, 0.15) is 22.3 Å². The number of nitrogens with zero attached hydrogens (tertiary/aromatic N) is 3. The van der Waals surface area contributed by atoms with Crippen molar-refractivity contribution in [3.8, 4) is 29.0 Å². The molecule has 4 rings (SSSR count). The van der Waals surface area contributed by atoms with Gasteiger partial charge in [-0.15, -0.1) is 0 Å². The highest BCUT2D eigenvalue weighted by Crippen LogP contribution is 2.36. The molecule has 0 aliphatic heterocycles. The molecule has 1 aromatic heterocycles. The summed E-state index contributed by atoms with van der Waals surface area (Å²) in [7, 11) is 1.60. The summed E-state index contributed by atoms with van der Waals surface area (Å²) in [4.78, 5) is 4.67. The van der Waals surface area contributed by atoms with Crippen LogP contribution >= 0.6 is 0 Å². The summed E-state index contributed by atoms with van der Waals surface area (Å²) in [6.07, 6.45) is 0. The Labute approximate surface area is 199 Å². The molecule has 0 radical (unpaired) electrons. The van der Waals surface area contributed by atoms with Gasteiger partial charge in [0.1, 0.15) is 40.7 Å². The second-order valence-corrected chi connectivity index (χ2v) is 7.56. The van der Waals surface area contributed by atoms with Crippen LogP contribution in [0.2, 0.25) is 0 Å². The van der Waals surface area contributed by atoms with Gasteiger partial charge in [0, 0.05) is 18.7 Å². The number of methoxy groups -OCH3 is 1. The van der Waals surface area contributed by atoms with Crippen molar-refractivity contribution in [1.82, 2.24) is 4.98 Å². The van der Waals surface area contributed by atoms with Crippen molar-refractivity contribution in [2.24, 2.45) is 0 Å². The molecule has 1 heterocycles. The number of anilines is 2. The van der Waals surface area contributed by atoms with Crippen molar-refractivity contribution in [1.29, 1.82) is 10.5 Å². The van der Waals surface area contributed by atoms with Crippen LogP contribution < -0.4 is 15.4 Å². The van der Waals surface area contributed by atoms with Crippen LogP contribution in [0.4, 0.5) is 11.6 Å². The molecule has 0 bridgehead atoms. The van der Waals surface area contributed by atoms with Gasteiger partial charge in [0.15, 0.2) is 0 Å². The number of aromatic nitrogens is 1. The fourth-order valence-electron chi connectivity index (χ4n) is 3.67. The summed E-state index contributed by atoms with van der Waals surface area (Å²) in [5.41, 5.74) is 4.03. The van der Waals surface area contributed by atoms with E-state index in [0.717, 1.165) is 16.7 Å². The first-order chi connectivity index (χ1) is 16.7. The molecule has 0 unspecified atom stereocenters. The lowest BCUT2D eigenvalue weighted by Gasteiger charge is -2.17. The van der Waals surface area contributed by atoms with Crippen LogP contribution in [-0.4, -0.2) is 12.1 Å². The van der Waals surface area contributed by atoms with Gasteiger partial charge in [-0.1, -0.05) is 72.8 Å². The molecule has 0 fully saturated rings. The lowest BCUT2D eigenvalue weighted by Crippen LogP contribution is -2.11. The smallest absolute Gasteiger partial charge is 0.147 e. The van der Waals surface area contributed by atoms with Crippen molar-refractivity contribution in [2.75, 3.05) is 17.7 Å². The third-order valence-corrected chi connectivity index (χ3v) is 5.41. The number of ether oxygens (including phenoxy) is 1. The number of pyridine rings is 1. The van der Waals surface area contributed by atoms with Gasteiger partial charge < -0.3 is 15.4 Å². The van der Waals surface area contributed by atoms with E-state index < -0.39 is 0 Å². The molecule has 3 aromatic carbocycles. The molecule has 0 amide bonds. The Morgan fingerprint density at radius 3 is 1.59 bits per heavy atom. The third kappa shape index (κ3) is 4.98. The maximum atomic E-state index is 10.1. The summed E-state index contributed by atoms with van der Waals surface area (Å²) in [5.74, 6) is 1.54. The van der Waals surface area contributed by atoms with Crippen LogP contribution in [-0.2, 0) is 13.1 Å². The highest BCUT2D eigenvalue weighted by molar-refractivity contribution is 5.85. The SMILES string of the molecule is COc1ccc(-c2c(C#N)c(NCc3ccccc3)nc(NCc3ccccc3)c2C#N)cc1. The molecule has 166 valence electrons. The zero-order chi connectivity index (χ0) is 23.8. The summed E-state index contributed by atoms with van der Waals surface area (Å²) >= 11 is 0. The minimum Gasteiger partial charge on any atom is -0.497 e. The molecule has 0 saturated carbocycles. The highest BCUT2D eigenvalue weighted by atomic mass is 16.5. The van der Waals surface area contributed by atoms with Gasteiger partial charge in [-0.3, -0.25) is 0 Å². The van der Waals surface area contributed by atoms with Gasteiger partial charge in [0.2, 0.25) is 0 Å². The van der Waals surface area contributed by atoms with Crippen molar-refractivity contribution in [2.45, 2.75) is 13.1 Å². The number of nitriles is 2. The Bertz CT molecular complexity index is 1260. The van der Waals surface area contributed by atoms with Crippen molar-refractivity contribution >= 4 is 11.6 Å². The van der Waals surface area contributed by atoms with Crippen LogP contribution in [0.25, 0.3) is 11.1 Å². The van der Waals surface area contributed by atoms with E-state index in [1.807, 2.05) is 84.9 Å². The van der Waals surface area contributed by atoms with E-state index in [2.05, 4.69) is 27.8 Å². The lowest BCUT2D eigenvalue weighted by atomic mass is 9.95. The van der Waals surface area contributed by atoms with Crippen LogP contribution in [0.3, 0.4) is 0 Å². The minimum absolute atomic E-state index is 0.322. The van der Waals surface area contributed by atoms with Gasteiger partial charge in [-0.05, 0) is 28.8 Å². The van der Waals surface area contributed by atoms with Crippen LogP contribution in [0.5, 0.6) is 5.75 Å². The van der Waals surface area contributed by atoms with Gasteiger partial charge >= 0.3 is 0 Å². The third-order valence-electron chi connectivity index (χ3n) is 5.41. The molecule has 34 heavy (non-hydrogen) atoms. The normalized spacial score (nSPS) is 10.1. The number of hydrogen-bond donors (Lipinski definition) is 2. The molecule has 6 nitrogen and oxygen atoms in total. The molecule has 0 aliphatic rings. The van der Waals surface area contributed by atoms with Crippen molar-refractivity contribution in [3.05, 3.63) is 107 Å². The van der Waals surface area contributed by atoms with E-state index in [1.54, 1.807) is 7.11 Å². The number of rotatable bonds is 8. The van der Waals surface area contributed by atoms with Gasteiger partial charge in [-0.25, -0.2) is 4.98 Å².